The molecule has 1 heterocycles. The summed E-state index contributed by atoms with van der Waals surface area (Å²) >= 11 is 0. The highest BCUT2D eigenvalue weighted by Gasteiger charge is 2.33. The van der Waals surface area contributed by atoms with Crippen molar-refractivity contribution in [1.82, 2.24) is 10.4 Å². The molecule has 0 saturated heterocycles. The van der Waals surface area contributed by atoms with Crippen molar-refractivity contribution in [2.45, 2.75) is 38.8 Å². The van der Waals surface area contributed by atoms with Gasteiger partial charge in [0.05, 0.1) is 0 Å². The van der Waals surface area contributed by atoms with Crippen LogP contribution in [0.5, 0.6) is 0 Å². The van der Waals surface area contributed by atoms with E-state index in [-0.39, 0.29) is 0 Å². The van der Waals surface area contributed by atoms with Crippen molar-refractivity contribution < 1.29 is 5.11 Å². The molecule has 1 rings (SSSR count). The Balaban J connectivity index is 2.57. The van der Waals surface area contributed by atoms with Gasteiger partial charge in [-0.3, -0.25) is 0 Å². The SMILES string of the molecule is CCCCC1(O)C=C(C)NN1C. The molecule has 0 saturated carbocycles. The third kappa shape index (κ3) is 1.79. The van der Waals surface area contributed by atoms with E-state index < -0.39 is 5.72 Å². The first kappa shape index (κ1) is 9.55. The lowest BCUT2D eigenvalue weighted by molar-refractivity contribution is -0.0668. The maximum atomic E-state index is 10.0. The molecule has 1 aliphatic rings. The van der Waals surface area contributed by atoms with Gasteiger partial charge in [0.1, 0.15) is 0 Å². The quantitative estimate of drug-likeness (QED) is 0.668. The van der Waals surface area contributed by atoms with Gasteiger partial charge < -0.3 is 10.5 Å². The van der Waals surface area contributed by atoms with Crippen LogP contribution < -0.4 is 5.43 Å². The lowest BCUT2D eigenvalue weighted by atomic mass is 10.1. The fourth-order valence-corrected chi connectivity index (χ4v) is 1.51. The molecule has 0 aromatic heterocycles. The van der Waals surface area contributed by atoms with Crippen molar-refractivity contribution in [3.8, 4) is 0 Å². The third-order valence-electron chi connectivity index (χ3n) is 2.27. The fraction of sp³-hybridized carbons (Fsp3) is 0.778. The number of hydrogen-bond donors (Lipinski definition) is 2. The van der Waals surface area contributed by atoms with Gasteiger partial charge in [-0.15, -0.1) is 0 Å². The van der Waals surface area contributed by atoms with E-state index in [4.69, 9.17) is 0 Å². The number of nitrogens with one attached hydrogen (secondary N) is 1. The Kier molecular flexibility index (Phi) is 2.75. The monoisotopic (exact) mass is 170 g/mol. The minimum Gasteiger partial charge on any atom is -0.370 e. The molecule has 0 radical (unpaired) electrons. The Labute approximate surface area is 74.0 Å². The van der Waals surface area contributed by atoms with Crippen LogP contribution in [0, 0.1) is 0 Å². The molecule has 0 aromatic rings. The van der Waals surface area contributed by atoms with Gasteiger partial charge in [0.15, 0.2) is 5.72 Å². The third-order valence-corrected chi connectivity index (χ3v) is 2.27. The largest absolute Gasteiger partial charge is 0.370 e. The molecule has 2 N–H and O–H groups in total. The molecular weight excluding hydrogens is 152 g/mol. The molecule has 3 nitrogen and oxygen atoms in total. The average molecular weight is 170 g/mol. The molecule has 12 heavy (non-hydrogen) atoms. The highest BCUT2D eigenvalue weighted by Crippen LogP contribution is 2.24. The summed E-state index contributed by atoms with van der Waals surface area (Å²) in [4.78, 5) is 0. The van der Waals surface area contributed by atoms with Crippen molar-refractivity contribution in [3.63, 3.8) is 0 Å². The minimum atomic E-state index is -0.764. The number of hydrogen-bond acceptors (Lipinski definition) is 3. The number of likely N-dealkylation sites (N-methyl/N-ethyl adjacent to an activating group) is 1. The lowest BCUT2D eigenvalue weighted by Crippen LogP contribution is -2.46. The van der Waals surface area contributed by atoms with Gasteiger partial charge in [-0.1, -0.05) is 13.3 Å². The molecule has 1 unspecified atom stereocenters. The van der Waals surface area contributed by atoms with Crippen molar-refractivity contribution in [2.24, 2.45) is 0 Å². The van der Waals surface area contributed by atoms with Crippen LogP contribution in [0.3, 0.4) is 0 Å². The Hall–Kier alpha value is -0.540. The number of allylic oxidation sites excluding steroid dienone is 1. The number of aliphatic hydroxyl groups is 1. The second kappa shape index (κ2) is 3.46. The van der Waals surface area contributed by atoms with E-state index in [0.29, 0.717) is 0 Å². The molecular formula is C9H18N2O. The van der Waals surface area contributed by atoms with Crippen LogP contribution in [-0.4, -0.2) is 22.9 Å². The zero-order valence-corrected chi connectivity index (χ0v) is 8.09. The van der Waals surface area contributed by atoms with Crippen LogP contribution in [0.25, 0.3) is 0 Å². The lowest BCUT2D eigenvalue weighted by Gasteiger charge is -2.29. The van der Waals surface area contributed by atoms with E-state index in [1.807, 2.05) is 20.0 Å². The summed E-state index contributed by atoms with van der Waals surface area (Å²) in [5, 5.41) is 11.8. The van der Waals surface area contributed by atoms with Gasteiger partial charge in [0.25, 0.3) is 0 Å². The fourth-order valence-electron chi connectivity index (χ4n) is 1.51. The van der Waals surface area contributed by atoms with Gasteiger partial charge in [-0.05, 0) is 25.8 Å². The predicted molar refractivity (Wildman–Crippen MR) is 49.1 cm³/mol. The second-order valence-electron chi connectivity index (χ2n) is 3.48. The van der Waals surface area contributed by atoms with Crippen LogP contribution >= 0.6 is 0 Å². The van der Waals surface area contributed by atoms with Gasteiger partial charge in [0.2, 0.25) is 0 Å². The normalized spacial score (nSPS) is 30.2. The van der Waals surface area contributed by atoms with Crippen molar-refractivity contribution >= 4 is 0 Å². The number of hydrazine groups is 1. The zero-order valence-electron chi connectivity index (χ0n) is 8.09. The average Bonchev–Trinajstić information content (AvgIpc) is 2.23. The Bertz CT molecular complexity index is 191. The van der Waals surface area contributed by atoms with Crippen LogP contribution in [-0.2, 0) is 0 Å². The Morgan fingerprint density at radius 1 is 1.67 bits per heavy atom. The first-order valence-corrected chi connectivity index (χ1v) is 4.51. The van der Waals surface area contributed by atoms with E-state index in [1.165, 1.54) is 0 Å². The molecule has 0 aliphatic carbocycles. The smallest absolute Gasteiger partial charge is 0.155 e. The molecule has 70 valence electrons. The first-order valence-electron chi connectivity index (χ1n) is 4.51. The molecule has 1 aliphatic heterocycles. The Morgan fingerprint density at radius 2 is 2.33 bits per heavy atom. The summed E-state index contributed by atoms with van der Waals surface area (Å²) < 4.78 is 0. The molecule has 0 spiro atoms. The van der Waals surface area contributed by atoms with E-state index in [0.717, 1.165) is 25.0 Å². The van der Waals surface area contributed by atoms with E-state index >= 15 is 0 Å². The second-order valence-corrected chi connectivity index (χ2v) is 3.48. The van der Waals surface area contributed by atoms with Crippen LogP contribution in [0.2, 0.25) is 0 Å². The van der Waals surface area contributed by atoms with Crippen LogP contribution in [0.4, 0.5) is 0 Å². The highest BCUT2D eigenvalue weighted by atomic mass is 16.3. The van der Waals surface area contributed by atoms with E-state index in [9.17, 15) is 5.11 Å². The Morgan fingerprint density at radius 3 is 2.75 bits per heavy atom. The summed E-state index contributed by atoms with van der Waals surface area (Å²) in [5.41, 5.74) is 3.32. The zero-order chi connectivity index (χ0) is 9.19. The molecule has 0 amide bonds. The summed E-state index contributed by atoms with van der Waals surface area (Å²) in [6.07, 6.45) is 4.84. The van der Waals surface area contributed by atoms with Crippen LogP contribution in [0.1, 0.15) is 33.1 Å². The van der Waals surface area contributed by atoms with Gasteiger partial charge in [-0.2, -0.15) is 5.01 Å². The van der Waals surface area contributed by atoms with E-state index in [1.54, 1.807) is 5.01 Å². The summed E-state index contributed by atoms with van der Waals surface area (Å²) in [6.45, 7) is 4.09. The number of rotatable bonds is 3. The minimum absolute atomic E-state index is 0.764. The van der Waals surface area contributed by atoms with Crippen molar-refractivity contribution in [2.75, 3.05) is 7.05 Å². The predicted octanol–water partition coefficient (Wildman–Crippen LogP) is 1.22. The van der Waals surface area contributed by atoms with Crippen LogP contribution in [0.15, 0.2) is 11.8 Å². The van der Waals surface area contributed by atoms with Crippen molar-refractivity contribution in [3.05, 3.63) is 11.8 Å². The van der Waals surface area contributed by atoms with E-state index in [2.05, 4.69) is 12.3 Å². The summed E-state index contributed by atoms with van der Waals surface area (Å²) in [6, 6.07) is 0. The molecule has 1 atom stereocenters. The summed E-state index contributed by atoms with van der Waals surface area (Å²) in [7, 11) is 1.86. The first-order chi connectivity index (χ1) is 5.58. The molecule has 0 aromatic carbocycles. The number of unbranched alkanes of at least 4 members (excludes halogenated alkanes) is 1. The van der Waals surface area contributed by atoms with Gasteiger partial charge in [0, 0.05) is 12.7 Å². The summed E-state index contributed by atoms with van der Waals surface area (Å²) in [5.74, 6) is 0. The maximum absolute atomic E-state index is 10.0. The topological polar surface area (TPSA) is 35.5 Å². The molecule has 0 bridgehead atoms. The maximum Gasteiger partial charge on any atom is 0.155 e. The number of nitrogens with zero attached hydrogens (tertiary/aromatic N) is 1. The standard InChI is InChI=1S/C9H18N2O/c1-4-5-6-9(12)7-8(2)10-11(9)3/h7,10,12H,4-6H2,1-3H3. The van der Waals surface area contributed by atoms with Gasteiger partial charge >= 0.3 is 0 Å². The van der Waals surface area contributed by atoms with Gasteiger partial charge in [-0.25, -0.2) is 0 Å². The highest BCUT2D eigenvalue weighted by molar-refractivity contribution is 5.11. The van der Waals surface area contributed by atoms with Crippen molar-refractivity contribution in [1.29, 1.82) is 0 Å². The molecule has 3 heteroatoms. The molecule has 0 fully saturated rings.